The first kappa shape index (κ1) is 29.5. The SMILES string of the molecule is Cl.Cl.NS(=O)(=O)c1ccc(N[C@@H](CCN2CCCCC2)CSc2ccccc2)c([N+](=O)[O-])c1. The normalized spacial score (nSPS) is 15.1. The predicted molar refractivity (Wildman–Crippen MR) is 138 cm³/mol. The molecule has 0 bridgehead atoms. The number of benzene rings is 2. The molecule has 1 atom stereocenters. The number of rotatable bonds is 10. The van der Waals surface area contributed by atoms with Crippen LogP contribution in [0.2, 0.25) is 0 Å². The lowest BCUT2D eigenvalue weighted by Crippen LogP contribution is -2.34. The molecule has 2 aromatic rings. The summed E-state index contributed by atoms with van der Waals surface area (Å²) >= 11 is 1.69. The minimum atomic E-state index is -4.02. The number of anilines is 1. The van der Waals surface area contributed by atoms with Gasteiger partial charge in [0.1, 0.15) is 5.69 Å². The molecule has 0 unspecified atom stereocenters. The molecule has 0 spiro atoms. The van der Waals surface area contributed by atoms with Crippen molar-refractivity contribution in [3.63, 3.8) is 0 Å². The third kappa shape index (κ3) is 9.30. The van der Waals surface area contributed by atoms with Gasteiger partial charge in [-0.3, -0.25) is 10.1 Å². The molecule has 1 aliphatic heterocycles. The lowest BCUT2D eigenvalue weighted by atomic mass is 10.1. The van der Waals surface area contributed by atoms with Crippen LogP contribution >= 0.6 is 36.6 Å². The number of primary sulfonamides is 1. The van der Waals surface area contributed by atoms with Gasteiger partial charge in [-0.15, -0.1) is 36.6 Å². The number of hydrogen-bond acceptors (Lipinski definition) is 7. The summed E-state index contributed by atoms with van der Waals surface area (Å²) in [6.45, 7) is 3.08. The molecule has 1 heterocycles. The van der Waals surface area contributed by atoms with Gasteiger partial charge in [-0.05, 0) is 56.6 Å². The third-order valence-corrected chi connectivity index (χ3v) is 7.38. The van der Waals surface area contributed by atoms with E-state index >= 15 is 0 Å². The number of piperidine rings is 1. The fourth-order valence-corrected chi connectivity index (χ4v) is 5.14. The number of nitrogens with two attached hydrogens (primary N) is 1. The smallest absolute Gasteiger partial charge is 0.293 e. The highest BCUT2D eigenvalue weighted by Crippen LogP contribution is 2.29. The standard InChI is InChI=1S/C21H28N4O4S2.2ClH/c22-31(28,29)19-9-10-20(21(15-19)25(26)27)23-17(11-14-24-12-5-2-6-13-24)16-30-18-7-3-1-4-8-18;;/h1,3-4,7-10,15,17,23H,2,5-6,11-14,16H2,(H2,22,28,29);2*1H/t17-;;/m0../s1. The molecule has 184 valence electrons. The van der Waals surface area contributed by atoms with Crippen molar-refractivity contribution < 1.29 is 13.3 Å². The number of sulfonamides is 1. The highest BCUT2D eigenvalue weighted by atomic mass is 35.5. The first-order valence-corrected chi connectivity index (χ1v) is 12.8. The van der Waals surface area contributed by atoms with Crippen molar-refractivity contribution in [1.82, 2.24) is 4.90 Å². The summed E-state index contributed by atoms with van der Waals surface area (Å²) in [5.41, 5.74) is 0.00825. The van der Waals surface area contributed by atoms with Crippen molar-refractivity contribution >= 4 is 58.0 Å². The molecule has 33 heavy (non-hydrogen) atoms. The van der Waals surface area contributed by atoms with E-state index in [1.165, 1.54) is 31.4 Å². The molecule has 12 heteroatoms. The van der Waals surface area contributed by atoms with Gasteiger partial charge in [-0.1, -0.05) is 24.6 Å². The number of hydrogen-bond donors (Lipinski definition) is 2. The van der Waals surface area contributed by atoms with Crippen LogP contribution in [0.4, 0.5) is 11.4 Å². The van der Waals surface area contributed by atoms with Gasteiger partial charge in [0.25, 0.3) is 5.69 Å². The van der Waals surface area contributed by atoms with E-state index in [-0.39, 0.29) is 41.4 Å². The van der Waals surface area contributed by atoms with E-state index in [0.717, 1.165) is 42.8 Å². The number of likely N-dealkylation sites (tertiary alicyclic amines) is 1. The molecule has 0 aromatic heterocycles. The lowest BCUT2D eigenvalue weighted by Gasteiger charge is -2.29. The maximum atomic E-state index is 11.6. The highest BCUT2D eigenvalue weighted by Gasteiger charge is 2.22. The van der Waals surface area contributed by atoms with Crippen LogP contribution in [0, 0.1) is 10.1 Å². The number of halogens is 2. The summed E-state index contributed by atoms with van der Waals surface area (Å²) in [7, 11) is -4.02. The Morgan fingerprint density at radius 1 is 1.09 bits per heavy atom. The molecule has 0 radical (unpaired) electrons. The summed E-state index contributed by atoms with van der Waals surface area (Å²) in [5, 5.41) is 20.0. The Bertz CT molecular complexity index is 991. The maximum absolute atomic E-state index is 11.6. The monoisotopic (exact) mass is 536 g/mol. The molecular formula is C21H30Cl2N4O4S2. The number of nitro groups is 1. The first-order chi connectivity index (χ1) is 14.8. The number of nitrogens with one attached hydrogen (secondary N) is 1. The van der Waals surface area contributed by atoms with Gasteiger partial charge in [0.2, 0.25) is 10.0 Å². The van der Waals surface area contributed by atoms with Crippen molar-refractivity contribution in [2.45, 2.75) is 41.5 Å². The number of thioether (sulfide) groups is 1. The molecule has 0 saturated carbocycles. The summed E-state index contributed by atoms with van der Waals surface area (Å²) < 4.78 is 23.2. The van der Waals surface area contributed by atoms with E-state index in [9.17, 15) is 18.5 Å². The molecule has 1 aliphatic rings. The second-order valence-corrected chi connectivity index (χ2v) is 10.3. The van der Waals surface area contributed by atoms with Crippen molar-refractivity contribution in [2.75, 3.05) is 30.7 Å². The quantitative estimate of drug-likeness (QED) is 0.260. The Kier molecular flexibility index (Phi) is 12.5. The average Bonchev–Trinajstić information content (AvgIpc) is 2.76. The van der Waals surface area contributed by atoms with E-state index in [1.807, 2.05) is 30.3 Å². The molecule has 0 amide bonds. The zero-order valence-electron chi connectivity index (χ0n) is 18.1. The average molecular weight is 538 g/mol. The van der Waals surface area contributed by atoms with Crippen LogP contribution < -0.4 is 10.5 Å². The molecule has 3 N–H and O–H groups in total. The predicted octanol–water partition coefficient (Wildman–Crippen LogP) is 4.53. The largest absolute Gasteiger partial charge is 0.376 e. The van der Waals surface area contributed by atoms with Crippen molar-refractivity contribution in [1.29, 1.82) is 0 Å². The summed E-state index contributed by atoms with van der Waals surface area (Å²) in [6, 6.07) is 13.7. The van der Waals surface area contributed by atoms with E-state index in [2.05, 4.69) is 10.2 Å². The van der Waals surface area contributed by atoms with Crippen LogP contribution in [-0.2, 0) is 10.0 Å². The summed E-state index contributed by atoms with van der Waals surface area (Å²) in [6.07, 6.45) is 4.51. The minimum Gasteiger partial charge on any atom is -0.376 e. The van der Waals surface area contributed by atoms with Crippen molar-refractivity contribution in [3.8, 4) is 0 Å². The second-order valence-electron chi connectivity index (χ2n) is 7.64. The van der Waals surface area contributed by atoms with E-state index in [4.69, 9.17) is 5.14 Å². The van der Waals surface area contributed by atoms with Gasteiger partial charge in [-0.2, -0.15) is 0 Å². The molecule has 2 aromatic carbocycles. The zero-order valence-corrected chi connectivity index (χ0v) is 21.4. The van der Waals surface area contributed by atoms with Crippen LogP contribution in [0.3, 0.4) is 0 Å². The molecule has 1 saturated heterocycles. The van der Waals surface area contributed by atoms with Crippen LogP contribution in [0.5, 0.6) is 0 Å². The summed E-state index contributed by atoms with van der Waals surface area (Å²) in [5.74, 6) is 0.728. The van der Waals surface area contributed by atoms with Crippen LogP contribution in [0.15, 0.2) is 58.3 Å². The van der Waals surface area contributed by atoms with E-state index < -0.39 is 14.9 Å². The lowest BCUT2D eigenvalue weighted by molar-refractivity contribution is -0.384. The number of nitro benzene ring substituents is 1. The second kappa shape index (κ2) is 14.0. The van der Waals surface area contributed by atoms with Crippen molar-refractivity contribution in [3.05, 3.63) is 58.6 Å². The molecule has 3 rings (SSSR count). The molecule has 1 fully saturated rings. The van der Waals surface area contributed by atoms with Gasteiger partial charge in [0.15, 0.2) is 0 Å². The summed E-state index contributed by atoms with van der Waals surface area (Å²) in [4.78, 5) is 14.3. The third-order valence-electron chi connectivity index (χ3n) is 5.29. The minimum absolute atomic E-state index is 0. The van der Waals surface area contributed by atoms with E-state index in [0.29, 0.717) is 5.69 Å². The van der Waals surface area contributed by atoms with Gasteiger partial charge in [0.05, 0.1) is 9.82 Å². The maximum Gasteiger partial charge on any atom is 0.293 e. The molecule has 0 aliphatic carbocycles. The Morgan fingerprint density at radius 3 is 2.36 bits per heavy atom. The zero-order chi connectivity index (χ0) is 22.3. The molecule has 8 nitrogen and oxygen atoms in total. The van der Waals surface area contributed by atoms with Gasteiger partial charge < -0.3 is 10.2 Å². The van der Waals surface area contributed by atoms with Gasteiger partial charge >= 0.3 is 0 Å². The molecular weight excluding hydrogens is 507 g/mol. The fourth-order valence-electron chi connectivity index (χ4n) is 3.61. The Balaban J connectivity index is 0.00000272. The first-order valence-electron chi connectivity index (χ1n) is 10.3. The number of nitrogens with zero attached hydrogens (tertiary/aromatic N) is 2. The fraction of sp³-hybridized carbons (Fsp3) is 0.429. The van der Waals surface area contributed by atoms with E-state index in [1.54, 1.807) is 11.8 Å². The van der Waals surface area contributed by atoms with Gasteiger partial charge in [-0.25, -0.2) is 13.6 Å². The van der Waals surface area contributed by atoms with Crippen LogP contribution in [0.1, 0.15) is 25.7 Å². The van der Waals surface area contributed by atoms with Crippen LogP contribution in [0.25, 0.3) is 0 Å². The Morgan fingerprint density at radius 2 is 1.76 bits per heavy atom. The highest BCUT2D eigenvalue weighted by molar-refractivity contribution is 7.99. The Labute approximate surface area is 211 Å². The van der Waals surface area contributed by atoms with Crippen molar-refractivity contribution in [2.24, 2.45) is 5.14 Å². The van der Waals surface area contributed by atoms with Gasteiger partial charge in [0, 0.05) is 29.3 Å². The Hall–Kier alpha value is -1.56. The van der Waals surface area contributed by atoms with Crippen LogP contribution in [-0.4, -0.2) is 49.7 Å². The topological polar surface area (TPSA) is 119 Å².